The second-order valence-corrected chi connectivity index (χ2v) is 6.53. The number of ether oxygens (including phenoxy) is 1. The number of imidazole rings is 1. The van der Waals surface area contributed by atoms with Crippen LogP contribution in [-0.2, 0) is 11.2 Å². The summed E-state index contributed by atoms with van der Waals surface area (Å²) >= 11 is 0. The van der Waals surface area contributed by atoms with Gasteiger partial charge in [0.05, 0.1) is 25.2 Å². The van der Waals surface area contributed by atoms with Crippen molar-refractivity contribution >= 4 is 12.0 Å². The van der Waals surface area contributed by atoms with Crippen molar-refractivity contribution in [3.8, 4) is 11.4 Å². The number of fused-ring (bicyclic) bond motifs is 1. The van der Waals surface area contributed by atoms with Gasteiger partial charge in [0, 0.05) is 18.5 Å². The fraction of sp³-hybridized carbons (Fsp3) is 0.182. The van der Waals surface area contributed by atoms with E-state index in [0.717, 1.165) is 29.8 Å². The van der Waals surface area contributed by atoms with E-state index < -0.39 is 0 Å². The molecule has 5 nitrogen and oxygen atoms in total. The zero-order chi connectivity index (χ0) is 18.6. The Labute approximate surface area is 158 Å². The minimum Gasteiger partial charge on any atom is -0.495 e. The molecule has 1 aliphatic rings. The number of nitrogens with one attached hydrogen (secondary N) is 1. The smallest absolute Gasteiger partial charge is 0.244 e. The summed E-state index contributed by atoms with van der Waals surface area (Å²) in [6.45, 7) is 0. The minimum atomic E-state index is -0.0886. The molecule has 0 fully saturated rings. The first-order valence-corrected chi connectivity index (χ1v) is 8.97. The average Bonchev–Trinajstić information content (AvgIpc) is 3.37. The van der Waals surface area contributed by atoms with Gasteiger partial charge in [0.25, 0.3) is 0 Å². The highest BCUT2D eigenvalue weighted by Gasteiger charge is 2.22. The predicted octanol–water partition coefficient (Wildman–Crippen LogP) is 3.70. The first-order valence-electron chi connectivity index (χ1n) is 8.97. The van der Waals surface area contributed by atoms with Gasteiger partial charge in [-0.3, -0.25) is 4.79 Å². The van der Waals surface area contributed by atoms with Crippen LogP contribution >= 0.6 is 0 Å². The summed E-state index contributed by atoms with van der Waals surface area (Å²) in [5.74, 6) is 0.634. The number of benzene rings is 2. The van der Waals surface area contributed by atoms with Gasteiger partial charge in [0.2, 0.25) is 5.91 Å². The molecule has 1 aliphatic carbocycles. The van der Waals surface area contributed by atoms with Crippen LogP contribution in [-0.4, -0.2) is 22.6 Å². The number of rotatable bonds is 5. The van der Waals surface area contributed by atoms with Crippen molar-refractivity contribution in [1.29, 1.82) is 0 Å². The second-order valence-electron chi connectivity index (χ2n) is 6.53. The van der Waals surface area contributed by atoms with Gasteiger partial charge >= 0.3 is 0 Å². The number of aromatic nitrogens is 2. The van der Waals surface area contributed by atoms with Crippen molar-refractivity contribution in [1.82, 2.24) is 14.9 Å². The molecule has 1 heterocycles. The van der Waals surface area contributed by atoms with Crippen molar-refractivity contribution in [3.63, 3.8) is 0 Å². The maximum Gasteiger partial charge on any atom is 0.244 e. The number of carbonyl (C=O) groups excluding carboxylic acids is 1. The van der Waals surface area contributed by atoms with Crippen molar-refractivity contribution in [2.45, 2.75) is 18.9 Å². The van der Waals surface area contributed by atoms with E-state index in [-0.39, 0.29) is 11.9 Å². The molecular weight excluding hydrogens is 338 g/mol. The molecule has 1 N–H and O–H groups in total. The lowest BCUT2D eigenvalue weighted by Gasteiger charge is -2.12. The summed E-state index contributed by atoms with van der Waals surface area (Å²) in [6.07, 6.45) is 10.6. The third-order valence-corrected chi connectivity index (χ3v) is 4.86. The lowest BCUT2D eigenvalue weighted by Crippen LogP contribution is -2.25. The summed E-state index contributed by atoms with van der Waals surface area (Å²) in [5, 5.41) is 3.10. The van der Waals surface area contributed by atoms with Crippen molar-refractivity contribution in [2.24, 2.45) is 0 Å². The molecule has 0 saturated carbocycles. The number of carbonyl (C=O) groups is 1. The molecule has 5 heteroatoms. The molecule has 1 aromatic heterocycles. The van der Waals surface area contributed by atoms with Gasteiger partial charge < -0.3 is 14.6 Å². The Bertz CT molecular complexity index is 977. The molecule has 27 heavy (non-hydrogen) atoms. The summed E-state index contributed by atoms with van der Waals surface area (Å²) in [7, 11) is 1.63. The third-order valence-electron chi connectivity index (χ3n) is 4.86. The molecule has 0 radical (unpaired) electrons. The Kier molecular flexibility index (Phi) is 4.75. The van der Waals surface area contributed by atoms with Gasteiger partial charge in [-0.05, 0) is 47.7 Å². The van der Waals surface area contributed by atoms with E-state index >= 15 is 0 Å². The van der Waals surface area contributed by atoms with Crippen molar-refractivity contribution in [2.75, 3.05) is 7.11 Å². The number of amides is 1. The minimum absolute atomic E-state index is 0.0886. The van der Waals surface area contributed by atoms with Gasteiger partial charge in [-0.1, -0.05) is 30.3 Å². The molecule has 2 aromatic carbocycles. The van der Waals surface area contributed by atoms with E-state index in [9.17, 15) is 4.79 Å². The quantitative estimate of drug-likeness (QED) is 0.707. The van der Waals surface area contributed by atoms with Crippen LogP contribution in [0, 0.1) is 0 Å². The number of methoxy groups -OCH3 is 1. The zero-order valence-corrected chi connectivity index (χ0v) is 15.1. The number of nitrogens with zero attached hydrogens (tertiary/aromatic N) is 2. The van der Waals surface area contributed by atoms with Gasteiger partial charge in [-0.25, -0.2) is 4.98 Å². The fourth-order valence-electron chi connectivity index (χ4n) is 3.51. The van der Waals surface area contributed by atoms with Gasteiger partial charge in [0.1, 0.15) is 5.75 Å². The predicted molar refractivity (Wildman–Crippen MR) is 105 cm³/mol. The molecule has 0 aliphatic heterocycles. The van der Waals surface area contributed by atoms with Crippen molar-refractivity contribution in [3.05, 3.63) is 84.0 Å². The van der Waals surface area contributed by atoms with Crippen LogP contribution in [0.15, 0.2) is 67.3 Å². The van der Waals surface area contributed by atoms with Crippen LogP contribution in [0.2, 0.25) is 0 Å². The molecule has 136 valence electrons. The largest absolute Gasteiger partial charge is 0.495 e. The molecule has 3 aromatic rings. The van der Waals surface area contributed by atoms with E-state index in [2.05, 4.69) is 22.4 Å². The van der Waals surface area contributed by atoms with Crippen LogP contribution < -0.4 is 10.1 Å². The molecule has 0 unspecified atom stereocenters. The highest BCUT2D eigenvalue weighted by molar-refractivity contribution is 5.92. The summed E-state index contributed by atoms with van der Waals surface area (Å²) in [5.41, 5.74) is 4.36. The third kappa shape index (κ3) is 3.62. The molecule has 4 rings (SSSR count). The standard InChI is InChI=1S/C22H21N3O2/c1-27-21-14-16(6-10-20(21)25-13-12-23-15-25)7-11-22(26)24-19-9-8-17-4-2-3-5-18(17)19/h2-7,10-15,19H,8-9H2,1H3,(H,24,26)/t19-/m0/s1. The van der Waals surface area contributed by atoms with Crippen LogP contribution in [0.1, 0.15) is 29.2 Å². The molecule has 1 amide bonds. The molecular formula is C22H21N3O2. The summed E-state index contributed by atoms with van der Waals surface area (Å²) in [6, 6.07) is 14.2. The number of hydrogen-bond acceptors (Lipinski definition) is 3. The number of aryl methyl sites for hydroxylation is 1. The van der Waals surface area contributed by atoms with E-state index in [1.807, 2.05) is 41.1 Å². The maximum absolute atomic E-state index is 12.3. The van der Waals surface area contributed by atoms with Crippen LogP contribution in [0.25, 0.3) is 11.8 Å². The Morgan fingerprint density at radius 3 is 3.00 bits per heavy atom. The Balaban J connectivity index is 1.46. The topological polar surface area (TPSA) is 56.1 Å². The molecule has 0 bridgehead atoms. The Morgan fingerprint density at radius 1 is 1.30 bits per heavy atom. The van der Waals surface area contributed by atoms with E-state index in [1.165, 1.54) is 11.1 Å². The van der Waals surface area contributed by atoms with E-state index in [4.69, 9.17) is 4.74 Å². The first-order chi connectivity index (χ1) is 13.2. The SMILES string of the molecule is COc1cc(C=CC(=O)N[C@H]2CCc3ccccc32)ccc1-n1ccnc1. The molecule has 0 spiro atoms. The number of hydrogen-bond donors (Lipinski definition) is 1. The summed E-state index contributed by atoms with van der Waals surface area (Å²) in [4.78, 5) is 16.4. The lowest BCUT2D eigenvalue weighted by atomic mass is 10.1. The average molecular weight is 359 g/mol. The fourth-order valence-corrected chi connectivity index (χ4v) is 3.51. The summed E-state index contributed by atoms with van der Waals surface area (Å²) < 4.78 is 7.37. The van der Waals surface area contributed by atoms with Crippen molar-refractivity contribution < 1.29 is 9.53 Å². The first kappa shape index (κ1) is 17.1. The van der Waals surface area contributed by atoms with E-state index in [1.54, 1.807) is 31.8 Å². The van der Waals surface area contributed by atoms with Gasteiger partial charge in [0.15, 0.2) is 0 Å². The molecule has 1 atom stereocenters. The Hall–Kier alpha value is -3.34. The van der Waals surface area contributed by atoms with Crippen LogP contribution in [0.5, 0.6) is 5.75 Å². The normalized spacial score (nSPS) is 15.7. The van der Waals surface area contributed by atoms with Crippen LogP contribution in [0.3, 0.4) is 0 Å². The van der Waals surface area contributed by atoms with Gasteiger partial charge in [-0.15, -0.1) is 0 Å². The Morgan fingerprint density at radius 2 is 2.19 bits per heavy atom. The van der Waals surface area contributed by atoms with Crippen LogP contribution in [0.4, 0.5) is 0 Å². The zero-order valence-electron chi connectivity index (χ0n) is 15.1. The monoisotopic (exact) mass is 359 g/mol. The maximum atomic E-state index is 12.3. The molecule has 0 saturated heterocycles. The highest BCUT2D eigenvalue weighted by Crippen LogP contribution is 2.30. The highest BCUT2D eigenvalue weighted by atomic mass is 16.5. The lowest BCUT2D eigenvalue weighted by molar-refractivity contribution is -0.117. The second kappa shape index (κ2) is 7.50. The van der Waals surface area contributed by atoms with E-state index in [0.29, 0.717) is 0 Å². The van der Waals surface area contributed by atoms with Gasteiger partial charge in [-0.2, -0.15) is 0 Å².